The Hall–Kier alpha value is -2.76. The normalized spacial score (nSPS) is 17.7. The van der Waals surface area contributed by atoms with Crippen molar-refractivity contribution in [1.82, 2.24) is 14.9 Å². The minimum Gasteiger partial charge on any atom is -0.324 e. The number of nitrogens with one attached hydrogen (secondary N) is 1. The summed E-state index contributed by atoms with van der Waals surface area (Å²) in [5.74, 6) is -0.514. The molecule has 3 rings (SSSR count). The summed E-state index contributed by atoms with van der Waals surface area (Å²) < 4.78 is 0. The van der Waals surface area contributed by atoms with Gasteiger partial charge in [0.05, 0.1) is 6.20 Å². The summed E-state index contributed by atoms with van der Waals surface area (Å²) in [6, 6.07) is 6.88. The van der Waals surface area contributed by atoms with E-state index in [1.807, 2.05) is 24.3 Å². The van der Waals surface area contributed by atoms with Crippen LogP contribution in [0.3, 0.4) is 0 Å². The van der Waals surface area contributed by atoms with Gasteiger partial charge in [0.2, 0.25) is 5.91 Å². The molecule has 1 atom stereocenters. The molecular formula is C15H14N4O2. The van der Waals surface area contributed by atoms with E-state index < -0.39 is 6.04 Å². The summed E-state index contributed by atoms with van der Waals surface area (Å²) in [4.78, 5) is 34.2. The van der Waals surface area contributed by atoms with Gasteiger partial charge >= 0.3 is 0 Å². The van der Waals surface area contributed by atoms with E-state index in [2.05, 4.69) is 15.3 Å². The van der Waals surface area contributed by atoms with Crippen molar-refractivity contribution in [3.63, 3.8) is 0 Å². The number of amides is 2. The number of carbonyl (C=O) groups is 2. The Bertz CT molecular complexity index is 687. The van der Waals surface area contributed by atoms with Gasteiger partial charge in [-0.2, -0.15) is 0 Å². The number of hydrogen-bond acceptors (Lipinski definition) is 4. The molecule has 106 valence electrons. The van der Waals surface area contributed by atoms with Crippen molar-refractivity contribution >= 4 is 17.5 Å². The van der Waals surface area contributed by atoms with Crippen LogP contribution in [0, 0.1) is 0 Å². The maximum absolute atomic E-state index is 12.6. The molecule has 1 aromatic carbocycles. The van der Waals surface area contributed by atoms with E-state index in [1.165, 1.54) is 23.5 Å². The number of nitrogens with zero attached hydrogens (tertiary/aromatic N) is 3. The molecule has 1 aliphatic rings. The van der Waals surface area contributed by atoms with Crippen LogP contribution in [0.5, 0.6) is 0 Å². The zero-order valence-electron chi connectivity index (χ0n) is 11.5. The molecule has 0 saturated heterocycles. The van der Waals surface area contributed by atoms with Gasteiger partial charge < -0.3 is 10.2 Å². The first-order valence-electron chi connectivity index (χ1n) is 6.62. The summed E-state index contributed by atoms with van der Waals surface area (Å²) >= 11 is 0. The maximum Gasteiger partial charge on any atom is 0.275 e. The van der Waals surface area contributed by atoms with E-state index in [0.717, 1.165) is 11.3 Å². The lowest BCUT2D eigenvalue weighted by Crippen LogP contribution is -2.43. The van der Waals surface area contributed by atoms with Crippen LogP contribution in [0.1, 0.15) is 23.0 Å². The summed E-state index contributed by atoms with van der Waals surface area (Å²) in [5.41, 5.74) is 1.87. The third-order valence-electron chi connectivity index (χ3n) is 3.51. The smallest absolute Gasteiger partial charge is 0.275 e. The molecule has 0 spiro atoms. The zero-order valence-corrected chi connectivity index (χ0v) is 11.5. The largest absolute Gasteiger partial charge is 0.324 e. The summed E-state index contributed by atoms with van der Waals surface area (Å²) in [6.45, 7) is 2.06. The Morgan fingerprint density at radius 2 is 2.14 bits per heavy atom. The van der Waals surface area contributed by atoms with Gasteiger partial charge in [-0.15, -0.1) is 0 Å². The molecule has 0 fully saturated rings. The number of benzene rings is 1. The third kappa shape index (κ3) is 2.47. The molecule has 2 aromatic rings. The molecule has 6 heteroatoms. The second-order valence-electron chi connectivity index (χ2n) is 4.85. The predicted molar refractivity (Wildman–Crippen MR) is 76.4 cm³/mol. The lowest BCUT2D eigenvalue weighted by atomic mass is 10.1. The molecule has 0 saturated carbocycles. The van der Waals surface area contributed by atoms with Crippen LogP contribution in [0.2, 0.25) is 0 Å². The molecule has 0 aliphatic carbocycles. The highest BCUT2D eigenvalue weighted by Crippen LogP contribution is 2.23. The number of hydrogen-bond donors (Lipinski definition) is 1. The van der Waals surface area contributed by atoms with Crippen LogP contribution < -0.4 is 5.32 Å². The van der Waals surface area contributed by atoms with Crippen molar-refractivity contribution in [2.75, 3.05) is 5.32 Å². The van der Waals surface area contributed by atoms with E-state index in [0.29, 0.717) is 6.54 Å². The standard InChI is InChI=1S/C15H14N4O2/c1-10-14(20)18-12-5-3-2-4-11(12)9-19(10)15(21)13-8-16-6-7-17-13/h2-8,10H,9H2,1H3,(H,18,20). The highest BCUT2D eigenvalue weighted by Gasteiger charge is 2.31. The van der Waals surface area contributed by atoms with Crippen molar-refractivity contribution in [1.29, 1.82) is 0 Å². The molecule has 1 aromatic heterocycles. The Balaban J connectivity index is 1.98. The van der Waals surface area contributed by atoms with Gasteiger partial charge in [-0.3, -0.25) is 14.6 Å². The number of para-hydroxylation sites is 1. The van der Waals surface area contributed by atoms with E-state index >= 15 is 0 Å². The summed E-state index contributed by atoms with van der Waals surface area (Å²) in [5, 5.41) is 2.84. The molecule has 2 amide bonds. The van der Waals surface area contributed by atoms with Gasteiger partial charge in [-0.05, 0) is 18.6 Å². The van der Waals surface area contributed by atoms with E-state index in [4.69, 9.17) is 0 Å². The highest BCUT2D eigenvalue weighted by atomic mass is 16.2. The van der Waals surface area contributed by atoms with Crippen molar-refractivity contribution < 1.29 is 9.59 Å². The lowest BCUT2D eigenvalue weighted by molar-refractivity contribution is -0.120. The molecular weight excluding hydrogens is 268 g/mol. The average molecular weight is 282 g/mol. The number of anilines is 1. The third-order valence-corrected chi connectivity index (χ3v) is 3.51. The van der Waals surface area contributed by atoms with Crippen molar-refractivity contribution in [3.8, 4) is 0 Å². The highest BCUT2D eigenvalue weighted by molar-refractivity contribution is 6.01. The second-order valence-corrected chi connectivity index (χ2v) is 4.85. The molecule has 1 aliphatic heterocycles. The fraction of sp³-hybridized carbons (Fsp3) is 0.200. The number of fused-ring (bicyclic) bond motifs is 1. The van der Waals surface area contributed by atoms with Gasteiger partial charge in [0.25, 0.3) is 5.91 Å². The molecule has 1 unspecified atom stereocenters. The number of rotatable bonds is 1. The lowest BCUT2D eigenvalue weighted by Gasteiger charge is -2.25. The van der Waals surface area contributed by atoms with Gasteiger partial charge in [0, 0.05) is 24.6 Å². The van der Waals surface area contributed by atoms with Crippen LogP contribution in [-0.4, -0.2) is 32.7 Å². The van der Waals surface area contributed by atoms with Gasteiger partial charge in [0.15, 0.2) is 0 Å². The second kappa shape index (κ2) is 5.32. The van der Waals surface area contributed by atoms with E-state index in [1.54, 1.807) is 6.92 Å². The first-order valence-corrected chi connectivity index (χ1v) is 6.62. The first-order chi connectivity index (χ1) is 10.2. The fourth-order valence-electron chi connectivity index (χ4n) is 2.28. The predicted octanol–water partition coefficient (Wildman–Crippen LogP) is 1.46. The molecule has 0 bridgehead atoms. The van der Waals surface area contributed by atoms with E-state index in [9.17, 15) is 9.59 Å². The van der Waals surface area contributed by atoms with Crippen LogP contribution in [-0.2, 0) is 11.3 Å². The van der Waals surface area contributed by atoms with E-state index in [-0.39, 0.29) is 17.5 Å². The Morgan fingerprint density at radius 1 is 1.33 bits per heavy atom. The number of aromatic nitrogens is 2. The Kier molecular flexibility index (Phi) is 3.35. The van der Waals surface area contributed by atoms with Crippen molar-refractivity contribution in [2.24, 2.45) is 0 Å². The quantitative estimate of drug-likeness (QED) is 0.859. The number of carbonyl (C=O) groups excluding carboxylic acids is 2. The van der Waals surface area contributed by atoms with Crippen LogP contribution in [0.4, 0.5) is 5.69 Å². The fourth-order valence-corrected chi connectivity index (χ4v) is 2.28. The van der Waals surface area contributed by atoms with Gasteiger partial charge in [0.1, 0.15) is 11.7 Å². The maximum atomic E-state index is 12.6. The molecule has 2 heterocycles. The van der Waals surface area contributed by atoms with Crippen LogP contribution in [0.25, 0.3) is 0 Å². The van der Waals surface area contributed by atoms with Gasteiger partial charge in [-0.25, -0.2) is 4.98 Å². The summed E-state index contributed by atoms with van der Waals surface area (Å²) in [6.07, 6.45) is 4.37. The topological polar surface area (TPSA) is 75.2 Å². The average Bonchev–Trinajstić information content (AvgIpc) is 2.65. The van der Waals surface area contributed by atoms with Crippen LogP contribution in [0.15, 0.2) is 42.9 Å². The molecule has 0 radical (unpaired) electrons. The minimum atomic E-state index is -0.577. The van der Waals surface area contributed by atoms with Crippen LogP contribution >= 0.6 is 0 Å². The molecule has 6 nitrogen and oxygen atoms in total. The Labute approximate surface area is 121 Å². The summed E-state index contributed by atoms with van der Waals surface area (Å²) in [7, 11) is 0. The SMILES string of the molecule is CC1C(=O)Nc2ccccc2CN1C(=O)c1cnccn1. The van der Waals surface area contributed by atoms with Crippen molar-refractivity contribution in [2.45, 2.75) is 19.5 Å². The van der Waals surface area contributed by atoms with Crippen molar-refractivity contribution in [3.05, 3.63) is 54.1 Å². The Morgan fingerprint density at radius 3 is 2.90 bits per heavy atom. The first kappa shape index (κ1) is 13.2. The molecule has 1 N–H and O–H groups in total. The minimum absolute atomic E-state index is 0.211. The zero-order chi connectivity index (χ0) is 14.8. The van der Waals surface area contributed by atoms with Gasteiger partial charge in [-0.1, -0.05) is 18.2 Å². The molecule has 21 heavy (non-hydrogen) atoms. The monoisotopic (exact) mass is 282 g/mol.